The van der Waals surface area contributed by atoms with Crippen LogP contribution in [0.15, 0.2) is 18.3 Å². The minimum absolute atomic E-state index is 0.0172. The van der Waals surface area contributed by atoms with Gasteiger partial charge < -0.3 is 10.0 Å². The number of piperazine rings is 1. The Morgan fingerprint density at radius 1 is 1.56 bits per heavy atom. The van der Waals surface area contributed by atoms with E-state index in [1.54, 1.807) is 6.20 Å². The molecule has 18 heavy (non-hydrogen) atoms. The van der Waals surface area contributed by atoms with Crippen LogP contribution in [0.1, 0.15) is 12.6 Å². The first-order chi connectivity index (χ1) is 8.56. The Labute approximate surface area is 111 Å². The molecule has 1 atom stereocenters. The zero-order valence-electron chi connectivity index (χ0n) is 10.2. The van der Waals surface area contributed by atoms with Crippen molar-refractivity contribution in [3.8, 4) is 0 Å². The summed E-state index contributed by atoms with van der Waals surface area (Å²) < 4.78 is 0. The van der Waals surface area contributed by atoms with E-state index >= 15 is 0 Å². The number of aromatic nitrogens is 1. The molecule has 1 aliphatic rings. The third-order valence-corrected chi connectivity index (χ3v) is 3.36. The zero-order valence-corrected chi connectivity index (χ0v) is 11.0. The fourth-order valence-electron chi connectivity index (χ4n) is 2.19. The Morgan fingerprint density at radius 2 is 2.33 bits per heavy atom. The minimum Gasteiger partial charge on any atom is -0.465 e. The number of pyridine rings is 1. The highest BCUT2D eigenvalue weighted by Crippen LogP contribution is 2.13. The fourth-order valence-corrected chi connectivity index (χ4v) is 2.30. The largest absolute Gasteiger partial charge is 0.465 e. The fraction of sp³-hybridized carbons (Fsp3) is 0.500. The Balaban J connectivity index is 1.93. The zero-order chi connectivity index (χ0) is 13.1. The van der Waals surface area contributed by atoms with Gasteiger partial charge in [-0.05, 0) is 19.1 Å². The van der Waals surface area contributed by atoms with Gasteiger partial charge in [-0.3, -0.25) is 9.88 Å². The third-order valence-electron chi connectivity index (χ3n) is 3.13. The molecule has 0 aliphatic carbocycles. The van der Waals surface area contributed by atoms with Crippen LogP contribution in [-0.2, 0) is 6.54 Å². The molecule has 1 aromatic rings. The standard InChI is InChI=1S/C12H16ClN3O2/c1-9-7-15(4-5-16(9)12(17)18)8-11-3-2-10(13)6-14-11/h2-3,6,9H,4-5,7-8H2,1H3,(H,17,18)/t9-/m0/s1. The lowest BCUT2D eigenvalue weighted by Crippen LogP contribution is -2.53. The predicted octanol–water partition coefficient (Wildman–Crippen LogP) is 1.92. The van der Waals surface area contributed by atoms with Crippen molar-refractivity contribution in [2.75, 3.05) is 19.6 Å². The predicted molar refractivity (Wildman–Crippen MR) is 68.7 cm³/mol. The van der Waals surface area contributed by atoms with Crippen molar-refractivity contribution in [3.63, 3.8) is 0 Å². The number of carbonyl (C=O) groups is 1. The summed E-state index contributed by atoms with van der Waals surface area (Å²) >= 11 is 5.78. The number of hydrogen-bond donors (Lipinski definition) is 1. The summed E-state index contributed by atoms with van der Waals surface area (Å²) in [6.45, 7) is 4.67. The van der Waals surface area contributed by atoms with Crippen LogP contribution in [0.3, 0.4) is 0 Å². The van der Waals surface area contributed by atoms with Crippen molar-refractivity contribution in [3.05, 3.63) is 29.0 Å². The Morgan fingerprint density at radius 3 is 2.89 bits per heavy atom. The quantitative estimate of drug-likeness (QED) is 0.891. The SMILES string of the molecule is C[C@H]1CN(Cc2ccc(Cl)cn2)CCN1C(=O)O. The van der Waals surface area contributed by atoms with Crippen LogP contribution in [0, 0.1) is 0 Å². The van der Waals surface area contributed by atoms with Gasteiger partial charge in [-0.1, -0.05) is 11.6 Å². The van der Waals surface area contributed by atoms with Crippen LogP contribution in [0.4, 0.5) is 4.79 Å². The normalized spacial score (nSPS) is 21.0. The average molecular weight is 270 g/mol. The summed E-state index contributed by atoms with van der Waals surface area (Å²) in [6, 6.07) is 3.74. The van der Waals surface area contributed by atoms with E-state index in [9.17, 15) is 4.79 Å². The Hall–Kier alpha value is -1.33. The molecule has 0 spiro atoms. The number of carboxylic acid groups (broad SMARTS) is 1. The molecule has 2 rings (SSSR count). The number of halogens is 1. The summed E-state index contributed by atoms with van der Waals surface area (Å²) in [5, 5.41) is 9.62. The van der Waals surface area contributed by atoms with Crippen molar-refractivity contribution < 1.29 is 9.90 Å². The van der Waals surface area contributed by atoms with Crippen LogP contribution < -0.4 is 0 Å². The Bertz CT molecular complexity index is 424. The first-order valence-corrected chi connectivity index (χ1v) is 6.26. The smallest absolute Gasteiger partial charge is 0.407 e. The minimum atomic E-state index is -0.841. The van der Waals surface area contributed by atoms with E-state index in [0.29, 0.717) is 11.6 Å². The van der Waals surface area contributed by atoms with E-state index in [1.165, 1.54) is 4.90 Å². The summed E-state index contributed by atoms with van der Waals surface area (Å²) in [4.78, 5) is 18.9. The summed E-state index contributed by atoms with van der Waals surface area (Å²) in [5.74, 6) is 0. The van der Waals surface area contributed by atoms with Crippen molar-refractivity contribution in [2.45, 2.75) is 19.5 Å². The topological polar surface area (TPSA) is 56.7 Å². The molecule has 6 heteroatoms. The number of nitrogens with zero attached hydrogens (tertiary/aromatic N) is 3. The number of rotatable bonds is 2. The molecular formula is C12H16ClN3O2. The molecule has 0 bridgehead atoms. The van der Waals surface area contributed by atoms with Crippen LogP contribution >= 0.6 is 11.6 Å². The van der Waals surface area contributed by atoms with Crippen molar-refractivity contribution in [1.29, 1.82) is 0 Å². The van der Waals surface area contributed by atoms with E-state index in [2.05, 4.69) is 9.88 Å². The van der Waals surface area contributed by atoms with Crippen LogP contribution in [0.5, 0.6) is 0 Å². The second-order valence-corrected chi connectivity index (χ2v) is 4.96. The molecular weight excluding hydrogens is 254 g/mol. The summed E-state index contributed by atoms with van der Waals surface area (Å²) in [5.41, 5.74) is 0.954. The Kier molecular flexibility index (Phi) is 4.04. The van der Waals surface area contributed by atoms with E-state index < -0.39 is 6.09 Å². The third kappa shape index (κ3) is 3.11. The van der Waals surface area contributed by atoms with E-state index in [4.69, 9.17) is 16.7 Å². The van der Waals surface area contributed by atoms with Gasteiger partial charge in [-0.25, -0.2) is 4.79 Å². The average Bonchev–Trinajstić information content (AvgIpc) is 2.32. The molecule has 98 valence electrons. The van der Waals surface area contributed by atoms with Crippen molar-refractivity contribution in [2.24, 2.45) is 0 Å². The molecule has 0 unspecified atom stereocenters. The highest BCUT2D eigenvalue weighted by molar-refractivity contribution is 6.30. The number of hydrogen-bond acceptors (Lipinski definition) is 3. The first kappa shape index (κ1) is 13.1. The van der Waals surface area contributed by atoms with Crippen LogP contribution in [-0.4, -0.2) is 51.7 Å². The molecule has 5 nitrogen and oxygen atoms in total. The summed E-state index contributed by atoms with van der Waals surface area (Å²) in [6.07, 6.45) is 0.792. The number of amides is 1. The molecule has 0 aromatic carbocycles. The van der Waals surface area contributed by atoms with Crippen molar-refractivity contribution in [1.82, 2.24) is 14.8 Å². The first-order valence-electron chi connectivity index (χ1n) is 5.88. The maximum atomic E-state index is 10.9. The van der Waals surface area contributed by atoms with E-state index in [-0.39, 0.29) is 6.04 Å². The molecule has 0 radical (unpaired) electrons. The second kappa shape index (κ2) is 5.54. The van der Waals surface area contributed by atoms with Crippen LogP contribution in [0.2, 0.25) is 5.02 Å². The van der Waals surface area contributed by atoms with E-state index in [0.717, 1.165) is 25.3 Å². The molecule has 2 heterocycles. The van der Waals surface area contributed by atoms with Crippen molar-refractivity contribution >= 4 is 17.7 Å². The molecule has 1 aliphatic heterocycles. The van der Waals surface area contributed by atoms with Gasteiger partial charge in [0.1, 0.15) is 0 Å². The van der Waals surface area contributed by atoms with Gasteiger partial charge in [0.25, 0.3) is 0 Å². The molecule has 0 saturated carbocycles. The van der Waals surface area contributed by atoms with Crippen LogP contribution in [0.25, 0.3) is 0 Å². The van der Waals surface area contributed by atoms with Gasteiger partial charge in [0.05, 0.1) is 10.7 Å². The molecule has 1 amide bonds. The monoisotopic (exact) mass is 269 g/mol. The second-order valence-electron chi connectivity index (χ2n) is 4.53. The highest BCUT2D eigenvalue weighted by atomic mass is 35.5. The molecule has 1 N–H and O–H groups in total. The molecule has 1 fully saturated rings. The highest BCUT2D eigenvalue weighted by Gasteiger charge is 2.26. The molecule has 1 saturated heterocycles. The van der Waals surface area contributed by atoms with Gasteiger partial charge in [0.2, 0.25) is 0 Å². The lowest BCUT2D eigenvalue weighted by atomic mass is 10.2. The van der Waals surface area contributed by atoms with Gasteiger partial charge in [0.15, 0.2) is 0 Å². The lowest BCUT2D eigenvalue weighted by molar-refractivity contribution is 0.0706. The maximum absolute atomic E-state index is 10.9. The molecule has 1 aromatic heterocycles. The van der Waals surface area contributed by atoms with Gasteiger partial charge in [0, 0.05) is 38.4 Å². The summed E-state index contributed by atoms with van der Waals surface area (Å²) in [7, 11) is 0. The van der Waals surface area contributed by atoms with Gasteiger partial charge in [-0.15, -0.1) is 0 Å². The maximum Gasteiger partial charge on any atom is 0.407 e. The van der Waals surface area contributed by atoms with Gasteiger partial charge in [-0.2, -0.15) is 0 Å². The van der Waals surface area contributed by atoms with Gasteiger partial charge >= 0.3 is 6.09 Å². The van der Waals surface area contributed by atoms with E-state index in [1.807, 2.05) is 19.1 Å². The lowest BCUT2D eigenvalue weighted by Gasteiger charge is -2.38.